The number of methoxy groups -OCH3 is 1. The van der Waals surface area contributed by atoms with Crippen molar-refractivity contribution < 1.29 is 9.53 Å². The van der Waals surface area contributed by atoms with Crippen LogP contribution in [0.4, 0.5) is 0 Å². The van der Waals surface area contributed by atoms with Crippen LogP contribution in [0.25, 0.3) is 0 Å². The van der Waals surface area contributed by atoms with Gasteiger partial charge in [0.2, 0.25) is 5.91 Å². The SMILES string of the molecule is COc1ccc(C2CCCCCN2CC(=O)NCCc2cccc(Cl)c2)cc1. The zero-order chi connectivity index (χ0) is 19.8. The summed E-state index contributed by atoms with van der Waals surface area (Å²) < 4.78 is 5.27. The van der Waals surface area contributed by atoms with Crippen molar-refractivity contribution in [3.8, 4) is 5.75 Å². The van der Waals surface area contributed by atoms with Crippen LogP contribution >= 0.6 is 11.6 Å². The first-order valence-corrected chi connectivity index (χ1v) is 10.4. The summed E-state index contributed by atoms with van der Waals surface area (Å²) in [6, 6.07) is 16.3. The van der Waals surface area contributed by atoms with Crippen molar-refractivity contribution in [2.75, 3.05) is 26.7 Å². The van der Waals surface area contributed by atoms with Crippen molar-refractivity contribution in [3.05, 3.63) is 64.7 Å². The lowest BCUT2D eigenvalue weighted by atomic mass is 10.0. The average Bonchev–Trinajstić information content (AvgIpc) is 2.93. The van der Waals surface area contributed by atoms with E-state index in [1.165, 1.54) is 18.4 Å². The molecule has 0 bridgehead atoms. The monoisotopic (exact) mass is 400 g/mol. The van der Waals surface area contributed by atoms with Crippen LogP contribution in [0, 0.1) is 0 Å². The molecule has 4 nitrogen and oxygen atoms in total. The number of hydrogen-bond acceptors (Lipinski definition) is 3. The number of hydrogen-bond donors (Lipinski definition) is 1. The third kappa shape index (κ3) is 5.98. The maximum absolute atomic E-state index is 12.6. The lowest BCUT2D eigenvalue weighted by Crippen LogP contribution is -2.39. The number of nitrogens with zero attached hydrogens (tertiary/aromatic N) is 1. The van der Waals surface area contributed by atoms with E-state index < -0.39 is 0 Å². The second-order valence-corrected chi connectivity index (χ2v) is 7.78. The summed E-state index contributed by atoms with van der Waals surface area (Å²) >= 11 is 6.02. The smallest absolute Gasteiger partial charge is 0.234 e. The van der Waals surface area contributed by atoms with E-state index in [-0.39, 0.29) is 11.9 Å². The molecule has 1 atom stereocenters. The van der Waals surface area contributed by atoms with Gasteiger partial charge in [-0.2, -0.15) is 0 Å². The summed E-state index contributed by atoms with van der Waals surface area (Å²) in [5, 5.41) is 3.80. The molecule has 1 unspecified atom stereocenters. The van der Waals surface area contributed by atoms with Crippen molar-refractivity contribution in [2.24, 2.45) is 0 Å². The van der Waals surface area contributed by atoms with E-state index in [2.05, 4.69) is 22.3 Å². The minimum Gasteiger partial charge on any atom is -0.497 e. The number of rotatable bonds is 7. The van der Waals surface area contributed by atoms with Gasteiger partial charge >= 0.3 is 0 Å². The zero-order valence-corrected chi connectivity index (χ0v) is 17.3. The molecule has 1 amide bonds. The van der Waals surface area contributed by atoms with Gasteiger partial charge in [0.25, 0.3) is 0 Å². The fraction of sp³-hybridized carbons (Fsp3) is 0.435. The van der Waals surface area contributed by atoms with Gasteiger partial charge in [0.05, 0.1) is 13.7 Å². The summed E-state index contributed by atoms with van der Waals surface area (Å²) in [6.07, 6.45) is 5.43. The molecule has 0 aliphatic carbocycles. The Hall–Kier alpha value is -2.04. The van der Waals surface area contributed by atoms with Crippen LogP contribution in [0.1, 0.15) is 42.9 Å². The number of ether oxygens (including phenoxy) is 1. The van der Waals surface area contributed by atoms with Gasteiger partial charge in [0.1, 0.15) is 5.75 Å². The molecular formula is C23H29ClN2O2. The van der Waals surface area contributed by atoms with Crippen molar-refractivity contribution in [2.45, 2.75) is 38.1 Å². The van der Waals surface area contributed by atoms with E-state index in [1.807, 2.05) is 36.4 Å². The fourth-order valence-corrected chi connectivity index (χ4v) is 4.05. The summed E-state index contributed by atoms with van der Waals surface area (Å²) in [5.41, 5.74) is 2.40. The highest BCUT2D eigenvalue weighted by Crippen LogP contribution is 2.30. The molecule has 1 heterocycles. The van der Waals surface area contributed by atoms with E-state index in [1.54, 1.807) is 7.11 Å². The standard InChI is InChI=1S/C23H29ClN2O2/c1-28-21-11-9-19(10-12-21)22-8-3-2-4-15-26(22)17-23(27)25-14-13-18-6-5-7-20(24)16-18/h5-7,9-12,16,22H,2-4,8,13-15,17H2,1H3,(H,25,27). The number of nitrogens with one attached hydrogen (secondary N) is 1. The van der Waals surface area contributed by atoms with Gasteiger partial charge in [-0.3, -0.25) is 9.69 Å². The Balaban J connectivity index is 1.56. The Morgan fingerprint density at radius 1 is 1.18 bits per heavy atom. The molecule has 150 valence electrons. The van der Waals surface area contributed by atoms with E-state index >= 15 is 0 Å². The average molecular weight is 401 g/mol. The topological polar surface area (TPSA) is 41.6 Å². The first kappa shape index (κ1) is 20.7. The van der Waals surface area contributed by atoms with Gasteiger partial charge < -0.3 is 10.1 Å². The molecule has 0 saturated carbocycles. The van der Waals surface area contributed by atoms with Crippen LogP contribution in [-0.2, 0) is 11.2 Å². The highest BCUT2D eigenvalue weighted by atomic mass is 35.5. The summed E-state index contributed by atoms with van der Waals surface area (Å²) in [6.45, 7) is 2.02. The lowest BCUT2D eigenvalue weighted by molar-refractivity contribution is -0.122. The van der Waals surface area contributed by atoms with Crippen LogP contribution in [0.2, 0.25) is 5.02 Å². The molecule has 3 rings (SSSR count). The first-order valence-electron chi connectivity index (χ1n) is 10.0. The Morgan fingerprint density at radius 2 is 2.00 bits per heavy atom. The highest BCUT2D eigenvalue weighted by molar-refractivity contribution is 6.30. The van der Waals surface area contributed by atoms with Gasteiger partial charge in [-0.1, -0.05) is 48.7 Å². The molecule has 0 aromatic heterocycles. The molecule has 1 aliphatic rings. The van der Waals surface area contributed by atoms with Gasteiger partial charge in [0.15, 0.2) is 0 Å². The number of likely N-dealkylation sites (tertiary alicyclic amines) is 1. The minimum absolute atomic E-state index is 0.0856. The molecule has 2 aromatic carbocycles. The van der Waals surface area contributed by atoms with E-state index in [0.717, 1.165) is 42.1 Å². The second kappa shape index (κ2) is 10.5. The largest absolute Gasteiger partial charge is 0.497 e. The minimum atomic E-state index is 0.0856. The van der Waals surface area contributed by atoms with Gasteiger partial charge in [-0.15, -0.1) is 0 Å². The zero-order valence-electron chi connectivity index (χ0n) is 16.5. The molecule has 1 saturated heterocycles. The van der Waals surface area contributed by atoms with Gasteiger partial charge in [0, 0.05) is 17.6 Å². The van der Waals surface area contributed by atoms with Crippen molar-refractivity contribution >= 4 is 17.5 Å². The second-order valence-electron chi connectivity index (χ2n) is 7.34. The predicted octanol–water partition coefficient (Wildman–Crippen LogP) is 4.62. The van der Waals surface area contributed by atoms with Crippen LogP contribution < -0.4 is 10.1 Å². The fourth-order valence-electron chi connectivity index (χ4n) is 3.84. The van der Waals surface area contributed by atoms with Crippen LogP contribution in [0.5, 0.6) is 5.75 Å². The number of carbonyl (C=O) groups is 1. The number of amides is 1. The lowest BCUT2D eigenvalue weighted by Gasteiger charge is -2.29. The Labute approximate surface area is 172 Å². The quantitative estimate of drug-likeness (QED) is 0.737. The first-order chi connectivity index (χ1) is 13.7. The predicted molar refractivity (Wildman–Crippen MR) is 114 cm³/mol. The molecule has 1 fully saturated rings. The van der Waals surface area contributed by atoms with Crippen LogP contribution in [0.15, 0.2) is 48.5 Å². The van der Waals surface area contributed by atoms with Crippen LogP contribution in [0.3, 0.4) is 0 Å². The number of carbonyl (C=O) groups excluding carboxylic acids is 1. The highest BCUT2D eigenvalue weighted by Gasteiger charge is 2.24. The van der Waals surface area contributed by atoms with E-state index in [4.69, 9.17) is 16.3 Å². The molecule has 1 N–H and O–H groups in total. The van der Waals surface area contributed by atoms with Crippen molar-refractivity contribution in [3.63, 3.8) is 0 Å². The van der Waals surface area contributed by atoms with Gasteiger partial charge in [-0.25, -0.2) is 0 Å². The van der Waals surface area contributed by atoms with Gasteiger partial charge in [-0.05, 0) is 61.2 Å². The number of halogens is 1. The molecule has 0 spiro atoms. The molecule has 1 aliphatic heterocycles. The van der Waals surface area contributed by atoms with E-state index in [0.29, 0.717) is 13.1 Å². The maximum Gasteiger partial charge on any atom is 0.234 e. The Kier molecular flexibility index (Phi) is 7.75. The Bertz CT molecular complexity index is 763. The summed E-state index contributed by atoms with van der Waals surface area (Å²) in [4.78, 5) is 14.9. The third-order valence-corrected chi connectivity index (χ3v) is 5.57. The maximum atomic E-state index is 12.6. The third-order valence-electron chi connectivity index (χ3n) is 5.34. The normalized spacial score (nSPS) is 17.7. The molecule has 28 heavy (non-hydrogen) atoms. The molecular weight excluding hydrogens is 372 g/mol. The number of benzene rings is 2. The molecule has 0 radical (unpaired) electrons. The van der Waals surface area contributed by atoms with E-state index in [9.17, 15) is 4.79 Å². The summed E-state index contributed by atoms with van der Waals surface area (Å²) in [7, 11) is 1.68. The van der Waals surface area contributed by atoms with Crippen molar-refractivity contribution in [1.82, 2.24) is 10.2 Å². The molecule has 5 heteroatoms. The van der Waals surface area contributed by atoms with Crippen LogP contribution in [-0.4, -0.2) is 37.6 Å². The van der Waals surface area contributed by atoms with Crippen molar-refractivity contribution in [1.29, 1.82) is 0 Å². The summed E-state index contributed by atoms with van der Waals surface area (Å²) in [5.74, 6) is 0.949. The Morgan fingerprint density at radius 3 is 2.75 bits per heavy atom. The molecule has 2 aromatic rings.